The zero-order chi connectivity index (χ0) is 19.1. The zero-order valence-electron chi connectivity index (χ0n) is 14.3. The van der Waals surface area contributed by atoms with Gasteiger partial charge in [0.2, 0.25) is 5.55 Å². The maximum Gasteiger partial charge on any atom is 0.471 e. The highest BCUT2D eigenvalue weighted by Crippen LogP contribution is 2.71. The van der Waals surface area contributed by atoms with E-state index in [0.717, 1.165) is 22.8 Å². The van der Waals surface area contributed by atoms with Gasteiger partial charge in [-0.25, -0.2) is 0 Å². The molecule has 0 unspecified atom stereocenters. The molecule has 142 valence electrons. The number of carbonyl (C=O) groups excluding carboxylic acids is 2. The summed E-state index contributed by atoms with van der Waals surface area (Å²) in [7, 11) is 0. The van der Waals surface area contributed by atoms with Crippen LogP contribution in [0.1, 0.15) is 34.6 Å². The smallest absolute Gasteiger partial charge is 0.465 e. The minimum Gasteiger partial charge on any atom is -0.465 e. The Morgan fingerprint density at radius 2 is 1.58 bits per heavy atom. The van der Waals surface area contributed by atoms with Crippen molar-refractivity contribution in [2.24, 2.45) is 0 Å². The molecule has 0 N–H and O–H groups in total. The molecule has 0 heterocycles. The van der Waals surface area contributed by atoms with E-state index in [0.29, 0.717) is 0 Å². The Morgan fingerprint density at radius 1 is 1.12 bits per heavy atom. The highest BCUT2D eigenvalue weighted by atomic mass is 33.1. The summed E-state index contributed by atoms with van der Waals surface area (Å²) in [4.78, 5) is 23.4. The van der Waals surface area contributed by atoms with Crippen LogP contribution in [-0.4, -0.2) is 52.9 Å². The predicted octanol–water partition coefficient (Wildman–Crippen LogP) is 4.37. The molecule has 1 amide bonds. The van der Waals surface area contributed by atoms with Gasteiger partial charge in [0.15, 0.2) is 0 Å². The molecular weight excluding hydrogens is 386 g/mol. The summed E-state index contributed by atoms with van der Waals surface area (Å²) in [6.07, 6.45) is -5.79. The molecule has 0 aromatic rings. The molecule has 0 fully saturated rings. The summed E-state index contributed by atoms with van der Waals surface area (Å²) in [5.74, 6) is -3.16. The van der Waals surface area contributed by atoms with Crippen molar-refractivity contribution in [2.45, 2.75) is 51.3 Å². The van der Waals surface area contributed by atoms with Gasteiger partial charge in [-0.3, -0.25) is 14.2 Å². The fourth-order valence-electron chi connectivity index (χ4n) is 1.67. The van der Waals surface area contributed by atoms with Gasteiger partial charge in [0.25, 0.3) is 0 Å². The molecule has 0 radical (unpaired) electrons. The van der Waals surface area contributed by atoms with Crippen molar-refractivity contribution in [1.29, 1.82) is 0 Å². The lowest BCUT2D eigenvalue weighted by molar-refractivity contribution is -0.186. The van der Waals surface area contributed by atoms with Crippen molar-refractivity contribution in [3.63, 3.8) is 0 Å². The molecule has 0 rings (SSSR count). The summed E-state index contributed by atoms with van der Waals surface area (Å²) in [5.41, 5.74) is -3.26. The Bertz CT molecular complexity index is 472. The number of alkyl halides is 3. The molecule has 0 atom stereocenters. The summed E-state index contributed by atoms with van der Waals surface area (Å²) in [5, 5.41) is -0.208. The second kappa shape index (κ2) is 9.97. The van der Waals surface area contributed by atoms with Crippen molar-refractivity contribution in [3.8, 4) is 0 Å². The Balaban J connectivity index is 5.47. The average molecular weight is 409 g/mol. The summed E-state index contributed by atoms with van der Waals surface area (Å²) >= 11 is 2.06. The topological polar surface area (TPSA) is 63.7 Å². The van der Waals surface area contributed by atoms with Crippen LogP contribution in [0.25, 0.3) is 0 Å². The molecule has 0 spiro atoms. The minimum absolute atomic E-state index is 0.0218. The first-order valence-electron chi connectivity index (χ1n) is 7.28. The molecule has 0 aromatic carbocycles. The first-order valence-corrected chi connectivity index (χ1v) is 12.1. The van der Waals surface area contributed by atoms with Crippen molar-refractivity contribution >= 4 is 40.2 Å². The van der Waals surface area contributed by atoms with E-state index in [4.69, 9.17) is 0 Å². The second-order valence-electron chi connectivity index (χ2n) is 5.37. The molecule has 0 bridgehead atoms. The van der Waals surface area contributed by atoms with Gasteiger partial charge in [0.1, 0.15) is 6.54 Å². The monoisotopic (exact) mass is 409 g/mol. The summed E-state index contributed by atoms with van der Waals surface area (Å²) in [6.45, 7) is 7.65. The quantitative estimate of drug-likeness (QED) is 0.416. The predicted molar refractivity (Wildman–Crippen MR) is 92.3 cm³/mol. The fourth-order valence-corrected chi connectivity index (χ4v) is 12.6. The van der Waals surface area contributed by atoms with Crippen molar-refractivity contribution < 1.29 is 32.1 Å². The number of rotatable bonds is 9. The maximum absolute atomic E-state index is 13.0. The number of amides is 1. The van der Waals surface area contributed by atoms with E-state index < -0.39 is 36.4 Å². The summed E-state index contributed by atoms with van der Waals surface area (Å²) in [6, 6.07) is 0. The number of halogens is 3. The lowest BCUT2D eigenvalue weighted by Gasteiger charge is -2.28. The molecule has 0 aliphatic rings. The maximum atomic E-state index is 13.0. The molecule has 0 saturated carbocycles. The SMILES string of the molecule is CCOC(=O)CN(CP(=O)(SC(C)C)SC(C)C)C(=O)C(F)(F)F. The van der Waals surface area contributed by atoms with Gasteiger partial charge in [-0.2, -0.15) is 13.2 Å². The van der Waals surface area contributed by atoms with E-state index in [-0.39, 0.29) is 22.0 Å². The van der Waals surface area contributed by atoms with Crippen LogP contribution in [0.15, 0.2) is 0 Å². The van der Waals surface area contributed by atoms with Crippen molar-refractivity contribution in [1.82, 2.24) is 4.90 Å². The Hall–Kier alpha value is -0.340. The number of carbonyl (C=O) groups is 2. The third-order valence-electron chi connectivity index (χ3n) is 2.24. The number of esters is 1. The lowest BCUT2D eigenvalue weighted by Crippen LogP contribution is -2.44. The van der Waals surface area contributed by atoms with Crippen LogP contribution >= 0.6 is 28.3 Å². The van der Waals surface area contributed by atoms with Crippen LogP contribution < -0.4 is 0 Å². The minimum atomic E-state index is -5.15. The van der Waals surface area contributed by atoms with Gasteiger partial charge in [-0.1, -0.05) is 50.5 Å². The third-order valence-corrected chi connectivity index (χ3v) is 11.1. The van der Waals surface area contributed by atoms with Crippen molar-refractivity contribution in [2.75, 3.05) is 19.4 Å². The molecule has 24 heavy (non-hydrogen) atoms. The van der Waals surface area contributed by atoms with Crippen LogP contribution in [0.2, 0.25) is 0 Å². The molecule has 0 aliphatic carbocycles. The first kappa shape index (κ1) is 23.7. The average Bonchev–Trinajstić information content (AvgIpc) is 2.33. The molecule has 0 saturated heterocycles. The van der Waals surface area contributed by atoms with E-state index in [9.17, 15) is 27.3 Å². The lowest BCUT2D eigenvalue weighted by atomic mass is 10.5. The normalized spacial score (nSPS) is 12.6. The largest absolute Gasteiger partial charge is 0.471 e. The first-order chi connectivity index (χ1) is 10.8. The highest BCUT2D eigenvalue weighted by Gasteiger charge is 2.45. The third kappa shape index (κ3) is 9.22. The van der Waals surface area contributed by atoms with Crippen LogP contribution in [0.4, 0.5) is 13.2 Å². The molecular formula is C13H23F3NO4PS2. The van der Waals surface area contributed by atoms with Gasteiger partial charge in [0, 0.05) is 10.5 Å². The van der Waals surface area contributed by atoms with Gasteiger partial charge in [0.05, 0.1) is 12.9 Å². The molecule has 0 aliphatic heterocycles. The fraction of sp³-hybridized carbons (Fsp3) is 0.846. The molecule has 0 aromatic heterocycles. The van der Waals surface area contributed by atoms with Crippen LogP contribution in [0.3, 0.4) is 0 Å². The Morgan fingerprint density at radius 3 is 1.92 bits per heavy atom. The van der Waals surface area contributed by atoms with E-state index in [1.165, 1.54) is 6.92 Å². The highest BCUT2D eigenvalue weighted by molar-refractivity contribution is 8.90. The van der Waals surface area contributed by atoms with E-state index >= 15 is 0 Å². The van der Waals surface area contributed by atoms with Crippen molar-refractivity contribution in [3.05, 3.63) is 0 Å². The Labute approximate surface area is 148 Å². The molecule has 5 nitrogen and oxygen atoms in total. The van der Waals surface area contributed by atoms with Gasteiger partial charge in [-0.05, 0) is 6.92 Å². The van der Waals surface area contributed by atoms with Gasteiger partial charge >= 0.3 is 18.1 Å². The van der Waals surface area contributed by atoms with E-state index in [1.54, 1.807) is 27.7 Å². The van der Waals surface area contributed by atoms with Crippen LogP contribution in [0.5, 0.6) is 0 Å². The van der Waals surface area contributed by atoms with Crippen LogP contribution in [0, 0.1) is 0 Å². The zero-order valence-corrected chi connectivity index (χ0v) is 16.8. The van der Waals surface area contributed by atoms with E-state index in [2.05, 4.69) is 4.74 Å². The molecule has 11 heteroatoms. The number of hydrogen-bond donors (Lipinski definition) is 0. The standard InChI is InChI=1S/C13H23F3NO4PS2/c1-6-21-11(18)7-17(12(19)13(14,15)16)8-22(20,23-9(2)3)24-10(4)5/h9-10H,6-8H2,1-5H3. The van der Waals surface area contributed by atoms with Crippen LogP contribution in [-0.2, 0) is 18.9 Å². The Kier molecular flexibility index (Phi) is 9.83. The van der Waals surface area contributed by atoms with Gasteiger partial charge < -0.3 is 9.64 Å². The number of hydrogen-bond acceptors (Lipinski definition) is 6. The van der Waals surface area contributed by atoms with Gasteiger partial charge in [-0.15, -0.1) is 0 Å². The second-order valence-corrected chi connectivity index (χ2v) is 14.7. The number of nitrogens with zero attached hydrogens (tertiary/aromatic N) is 1. The van der Waals surface area contributed by atoms with E-state index in [1.807, 2.05) is 0 Å². The summed E-state index contributed by atoms with van der Waals surface area (Å²) < 4.78 is 56.0. The number of ether oxygens (including phenoxy) is 1.